The molecule has 32 heavy (non-hydrogen) atoms. The van der Waals surface area contributed by atoms with Crippen molar-refractivity contribution in [2.24, 2.45) is 5.92 Å². The molecule has 0 aromatic heterocycles. The first-order valence-electron chi connectivity index (χ1n) is 11.0. The van der Waals surface area contributed by atoms with E-state index in [9.17, 15) is 18.4 Å². The van der Waals surface area contributed by atoms with Crippen molar-refractivity contribution in [2.45, 2.75) is 31.7 Å². The first-order valence-corrected chi connectivity index (χ1v) is 11.3. The summed E-state index contributed by atoms with van der Waals surface area (Å²) in [5.74, 6) is -1.84. The molecule has 0 bridgehead atoms. The Morgan fingerprint density at radius 3 is 2.38 bits per heavy atom. The van der Waals surface area contributed by atoms with Crippen molar-refractivity contribution in [3.05, 3.63) is 64.7 Å². The third kappa shape index (κ3) is 5.10. The first kappa shape index (κ1) is 22.7. The Hall–Kier alpha value is -2.51. The number of nitrogens with zero attached hydrogens (tertiary/aromatic N) is 2. The Bertz CT molecular complexity index is 989. The second kappa shape index (κ2) is 9.96. The fraction of sp³-hybridized carbons (Fsp3) is 0.417. The second-order valence-electron chi connectivity index (χ2n) is 8.44. The largest absolute Gasteiger partial charge is 0.336 e. The van der Waals surface area contributed by atoms with Gasteiger partial charge < -0.3 is 10.2 Å². The first-order chi connectivity index (χ1) is 15.4. The topological polar surface area (TPSA) is 52.7 Å². The van der Waals surface area contributed by atoms with E-state index in [0.717, 1.165) is 37.8 Å². The summed E-state index contributed by atoms with van der Waals surface area (Å²) in [6, 6.07) is 9.77. The molecular formula is C24H26ClF2N3O2. The lowest BCUT2D eigenvalue weighted by atomic mass is 9.94. The number of rotatable bonds is 5. The van der Waals surface area contributed by atoms with E-state index in [1.165, 1.54) is 6.07 Å². The molecular weight excluding hydrogens is 436 g/mol. The molecule has 1 saturated heterocycles. The van der Waals surface area contributed by atoms with E-state index >= 15 is 0 Å². The van der Waals surface area contributed by atoms with Crippen LogP contribution in [-0.4, -0.2) is 53.8 Å². The Morgan fingerprint density at radius 1 is 1.00 bits per heavy atom. The standard InChI is InChI=1S/C24H26ClF2N3O2/c25-17-6-3-7-19(14-17)28-23(31)22(16-4-1-2-5-16)29-10-12-30(13-11-29)24(32)20-9-8-18(26)15-21(20)27/h3,6-9,14-16,22H,1-2,4-5,10-13H2,(H,28,31)/t22-/m1/s1. The van der Waals surface area contributed by atoms with Crippen LogP contribution >= 0.6 is 11.6 Å². The molecule has 2 aromatic rings. The van der Waals surface area contributed by atoms with Crippen molar-refractivity contribution < 1.29 is 18.4 Å². The fourth-order valence-corrected chi connectivity index (χ4v) is 4.96. The maximum absolute atomic E-state index is 14.0. The minimum Gasteiger partial charge on any atom is -0.336 e. The molecule has 0 radical (unpaired) electrons. The highest BCUT2D eigenvalue weighted by molar-refractivity contribution is 6.30. The monoisotopic (exact) mass is 461 g/mol. The summed E-state index contributed by atoms with van der Waals surface area (Å²) in [7, 11) is 0. The Morgan fingerprint density at radius 2 is 1.72 bits per heavy atom. The molecule has 5 nitrogen and oxygen atoms in total. The van der Waals surface area contributed by atoms with Gasteiger partial charge in [-0.1, -0.05) is 30.5 Å². The lowest BCUT2D eigenvalue weighted by Crippen LogP contribution is -2.57. The van der Waals surface area contributed by atoms with Crippen LogP contribution in [0.1, 0.15) is 36.0 Å². The van der Waals surface area contributed by atoms with E-state index < -0.39 is 17.5 Å². The number of piperazine rings is 1. The molecule has 2 aliphatic rings. The Kier molecular flexibility index (Phi) is 7.06. The maximum atomic E-state index is 14.0. The SMILES string of the molecule is O=C(Nc1cccc(Cl)c1)[C@@H](C1CCCC1)N1CCN(C(=O)c2ccc(F)cc2F)CC1. The van der Waals surface area contributed by atoms with E-state index in [1.54, 1.807) is 23.1 Å². The molecule has 4 rings (SSSR count). The van der Waals surface area contributed by atoms with E-state index in [1.807, 2.05) is 6.07 Å². The molecule has 2 aromatic carbocycles. The summed E-state index contributed by atoms with van der Waals surface area (Å²) in [5.41, 5.74) is 0.525. The molecule has 1 saturated carbocycles. The number of hydrogen-bond donors (Lipinski definition) is 1. The third-order valence-electron chi connectivity index (χ3n) is 6.36. The second-order valence-corrected chi connectivity index (χ2v) is 8.88. The van der Waals surface area contributed by atoms with Crippen molar-refractivity contribution in [1.29, 1.82) is 0 Å². The summed E-state index contributed by atoms with van der Waals surface area (Å²) < 4.78 is 27.2. The predicted molar refractivity (Wildman–Crippen MR) is 120 cm³/mol. The van der Waals surface area contributed by atoms with Crippen LogP contribution in [0.3, 0.4) is 0 Å². The summed E-state index contributed by atoms with van der Waals surface area (Å²) in [6.07, 6.45) is 4.20. The van der Waals surface area contributed by atoms with Crippen LogP contribution in [0.4, 0.5) is 14.5 Å². The van der Waals surface area contributed by atoms with Gasteiger partial charge in [-0.25, -0.2) is 8.78 Å². The van der Waals surface area contributed by atoms with Crippen LogP contribution in [-0.2, 0) is 4.79 Å². The number of benzene rings is 2. The average molecular weight is 462 g/mol. The van der Waals surface area contributed by atoms with Crippen molar-refractivity contribution in [1.82, 2.24) is 9.80 Å². The number of hydrogen-bond acceptors (Lipinski definition) is 3. The van der Waals surface area contributed by atoms with Crippen LogP contribution in [0.15, 0.2) is 42.5 Å². The average Bonchev–Trinajstić information content (AvgIpc) is 3.28. The number of carbonyl (C=O) groups is 2. The van der Waals surface area contributed by atoms with Gasteiger partial charge in [0.05, 0.1) is 11.6 Å². The van der Waals surface area contributed by atoms with Gasteiger partial charge in [-0.2, -0.15) is 0 Å². The van der Waals surface area contributed by atoms with Gasteiger partial charge in [0, 0.05) is 43.0 Å². The van der Waals surface area contributed by atoms with Gasteiger partial charge in [0.25, 0.3) is 5.91 Å². The van der Waals surface area contributed by atoms with E-state index in [-0.39, 0.29) is 23.4 Å². The molecule has 1 aliphatic heterocycles. The van der Waals surface area contributed by atoms with Crippen molar-refractivity contribution in [2.75, 3.05) is 31.5 Å². The van der Waals surface area contributed by atoms with Gasteiger partial charge in [0.1, 0.15) is 11.6 Å². The van der Waals surface area contributed by atoms with E-state index in [2.05, 4.69) is 10.2 Å². The summed E-state index contributed by atoms with van der Waals surface area (Å²) >= 11 is 6.05. The normalized spacial score (nSPS) is 18.5. The van der Waals surface area contributed by atoms with Crippen LogP contribution in [0.2, 0.25) is 5.02 Å². The minimum atomic E-state index is -0.859. The van der Waals surface area contributed by atoms with Crippen LogP contribution in [0, 0.1) is 17.6 Å². The molecule has 2 amide bonds. The predicted octanol–water partition coefficient (Wildman–Crippen LogP) is 4.57. The molecule has 0 spiro atoms. The zero-order chi connectivity index (χ0) is 22.7. The summed E-state index contributed by atoms with van der Waals surface area (Å²) in [6.45, 7) is 1.78. The zero-order valence-electron chi connectivity index (χ0n) is 17.7. The third-order valence-corrected chi connectivity index (χ3v) is 6.60. The van der Waals surface area contributed by atoms with Gasteiger partial charge >= 0.3 is 0 Å². The number of carbonyl (C=O) groups excluding carboxylic acids is 2. The van der Waals surface area contributed by atoms with Gasteiger partial charge in [-0.05, 0) is 49.1 Å². The van der Waals surface area contributed by atoms with E-state index in [4.69, 9.17) is 11.6 Å². The van der Waals surface area contributed by atoms with Gasteiger partial charge in [-0.15, -0.1) is 0 Å². The maximum Gasteiger partial charge on any atom is 0.256 e. The highest BCUT2D eigenvalue weighted by Crippen LogP contribution is 2.32. The Balaban J connectivity index is 1.44. The molecule has 170 valence electrons. The zero-order valence-corrected chi connectivity index (χ0v) is 18.5. The van der Waals surface area contributed by atoms with E-state index in [0.29, 0.717) is 36.9 Å². The number of halogens is 3. The van der Waals surface area contributed by atoms with Crippen molar-refractivity contribution in [3.63, 3.8) is 0 Å². The molecule has 2 fully saturated rings. The van der Waals surface area contributed by atoms with Gasteiger partial charge in [-0.3, -0.25) is 14.5 Å². The molecule has 1 N–H and O–H groups in total. The van der Waals surface area contributed by atoms with Crippen molar-refractivity contribution >= 4 is 29.1 Å². The number of nitrogens with one attached hydrogen (secondary N) is 1. The minimum absolute atomic E-state index is 0.0662. The summed E-state index contributed by atoms with van der Waals surface area (Å²) in [5, 5.41) is 3.55. The number of anilines is 1. The molecule has 1 heterocycles. The Labute approximate surface area is 191 Å². The molecule has 0 unspecified atom stereocenters. The highest BCUT2D eigenvalue weighted by Gasteiger charge is 2.37. The lowest BCUT2D eigenvalue weighted by Gasteiger charge is -2.40. The smallest absolute Gasteiger partial charge is 0.256 e. The quantitative estimate of drug-likeness (QED) is 0.709. The lowest BCUT2D eigenvalue weighted by molar-refractivity contribution is -0.123. The molecule has 1 atom stereocenters. The highest BCUT2D eigenvalue weighted by atomic mass is 35.5. The molecule has 8 heteroatoms. The molecule has 1 aliphatic carbocycles. The van der Waals surface area contributed by atoms with Gasteiger partial charge in [0.2, 0.25) is 5.91 Å². The number of amides is 2. The van der Waals surface area contributed by atoms with Gasteiger partial charge in [0.15, 0.2) is 0 Å². The van der Waals surface area contributed by atoms with Crippen LogP contribution in [0.25, 0.3) is 0 Å². The summed E-state index contributed by atoms with van der Waals surface area (Å²) in [4.78, 5) is 29.7. The van der Waals surface area contributed by atoms with Crippen LogP contribution < -0.4 is 5.32 Å². The fourth-order valence-electron chi connectivity index (χ4n) is 4.77. The van der Waals surface area contributed by atoms with Crippen LogP contribution in [0.5, 0.6) is 0 Å². The van der Waals surface area contributed by atoms with Crippen molar-refractivity contribution in [3.8, 4) is 0 Å².